The largest absolute Gasteiger partial charge is 0.379 e. The number of morpholine rings is 1. The first kappa shape index (κ1) is 17.3. The van der Waals surface area contributed by atoms with Crippen LogP contribution >= 0.6 is 15.9 Å². The van der Waals surface area contributed by atoms with Crippen molar-refractivity contribution in [2.45, 2.75) is 6.54 Å². The van der Waals surface area contributed by atoms with Gasteiger partial charge in [0.2, 0.25) is 0 Å². The summed E-state index contributed by atoms with van der Waals surface area (Å²) in [6.07, 6.45) is 0. The molecule has 0 atom stereocenters. The van der Waals surface area contributed by atoms with Gasteiger partial charge in [-0.05, 0) is 17.7 Å². The zero-order valence-corrected chi connectivity index (χ0v) is 15.4. The zero-order chi connectivity index (χ0) is 16.3. The second-order valence-corrected chi connectivity index (χ2v) is 8.67. The van der Waals surface area contributed by atoms with Gasteiger partial charge in [-0.1, -0.05) is 28.1 Å². The highest BCUT2D eigenvalue weighted by atomic mass is 79.9. The summed E-state index contributed by atoms with van der Waals surface area (Å²) in [5.41, 5.74) is 1.24. The Morgan fingerprint density at radius 2 is 1.65 bits per heavy atom. The maximum Gasteiger partial charge on any atom is 0.282 e. The maximum absolute atomic E-state index is 12.6. The molecule has 1 aromatic carbocycles. The van der Waals surface area contributed by atoms with Crippen molar-refractivity contribution < 1.29 is 13.2 Å². The SMILES string of the molecule is O=S(=O)(N1CCOCC1)N1CCN(Cc2cccc(Br)c2)CC1. The number of nitrogens with zero attached hydrogens (tertiary/aromatic N) is 3. The van der Waals surface area contributed by atoms with Crippen LogP contribution in [0.5, 0.6) is 0 Å². The van der Waals surface area contributed by atoms with Gasteiger partial charge >= 0.3 is 0 Å². The van der Waals surface area contributed by atoms with Crippen LogP contribution in [0.3, 0.4) is 0 Å². The predicted molar refractivity (Wildman–Crippen MR) is 92.3 cm³/mol. The van der Waals surface area contributed by atoms with Crippen molar-refractivity contribution in [1.29, 1.82) is 0 Å². The zero-order valence-electron chi connectivity index (χ0n) is 13.0. The van der Waals surface area contributed by atoms with Crippen molar-refractivity contribution in [1.82, 2.24) is 13.5 Å². The van der Waals surface area contributed by atoms with E-state index in [-0.39, 0.29) is 0 Å². The van der Waals surface area contributed by atoms with E-state index in [1.54, 1.807) is 8.61 Å². The number of ether oxygens (including phenoxy) is 1. The summed E-state index contributed by atoms with van der Waals surface area (Å²) in [6, 6.07) is 8.24. The average Bonchev–Trinajstić information content (AvgIpc) is 2.56. The monoisotopic (exact) mass is 403 g/mol. The molecule has 1 aromatic rings. The fourth-order valence-electron chi connectivity index (χ4n) is 2.95. The summed E-state index contributed by atoms with van der Waals surface area (Å²) < 4.78 is 34.7. The second kappa shape index (κ2) is 7.58. The number of rotatable bonds is 4. The third-order valence-electron chi connectivity index (χ3n) is 4.25. The summed E-state index contributed by atoms with van der Waals surface area (Å²) in [5.74, 6) is 0. The fraction of sp³-hybridized carbons (Fsp3) is 0.600. The molecule has 3 rings (SSSR count). The minimum absolute atomic E-state index is 0.459. The van der Waals surface area contributed by atoms with Crippen LogP contribution in [-0.4, -0.2) is 74.4 Å². The van der Waals surface area contributed by atoms with Crippen LogP contribution in [0.1, 0.15) is 5.56 Å². The van der Waals surface area contributed by atoms with Crippen molar-refractivity contribution in [2.75, 3.05) is 52.5 Å². The summed E-state index contributed by atoms with van der Waals surface area (Å²) in [5, 5.41) is 0. The highest BCUT2D eigenvalue weighted by Crippen LogP contribution is 2.17. The number of hydrogen-bond donors (Lipinski definition) is 0. The first-order valence-corrected chi connectivity index (χ1v) is 10.0. The Labute approximate surface area is 146 Å². The van der Waals surface area contributed by atoms with E-state index in [4.69, 9.17) is 4.74 Å². The molecule has 0 amide bonds. The second-order valence-electron chi connectivity index (χ2n) is 5.82. The quantitative estimate of drug-likeness (QED) is 0.756. The molecule has 0 spiro atoms. The van der Waals surface area contributed by atoms with E-state index >= 15 is 0 Å². The molecule has 0 unspecified atom stereocenters. The summed E-state index contributed by atoms with van der Waals surface area (Å²) in [6.45, 7) is 5.36. The maximum atomic E-state index is 12.6. The van der Waals surface area contributed by atoms with Crippen LogP contribution in [0.15, 0.2) is 28.7 Å². The topological polar surface area (TPSA) is 53.1 Å². The van der Waals surface area contributed by atoms with E-state index in [2.05, 4.69) is 33.0 Å². The Morgan fingerprint density at radius 1 is 1.00 bits per heavy atom. The predicted octanol–water partition coefficient (Wildman–Crippen LogP) is 1.14. The summed E-state index contributed by atoms with van der Waals surface area (Å²) in [4.78, 5) is 2.30. The molecule has 2 fully saturated rings. The van der Waals surface area contributed by atoms with Gasteiger partial charge in [0.05, 0.1) is 13.2 Å². The molecule has 2 saturated heterocycles. The van der Waals surface area contributed by atoms with Crippen LogP contribution in [0.2, 0.25) is 0 Å². The Bertz CT molecular complexity index is 627. The minimum Gasteiger partial charge on any atom is -0.379 e. The summed E-state index contributed by atoms with van der Waals surface area (Å²) in [7, 11) is -3.34. The first-order valence-electron chi connectivity index (χ1n) is 7.85. The van der Waals surface area contributed by atoms with Crippen molar-refractivity contribution in [3.63, 3.8) is 0 Å². The molecule has 2 heterocycles. The van der Waals surface area contributed by atoms with Gasteiger partial charge in [-0.3, -0.25) is 4.90 Å². The van der Waals surface area contributed by atoms with Crippen LogP contribution in [-0.2, 0) is 21.5 Å². The molecular weight excluding hydrogens is 382 g/mol. The average molecular weight is 404 g/mol. The number of benzene rings is 1. The smallest absolute Gasteiger partial charge is 0.282 e. The lowest BCUT2D eigenvalue weighted by Crippen LogP contribution is -2.54. The third kappa shape index (κ3) is 4.32. The van der Waals surface area contributed by atoms with Gasteiger partial charge in [0.15, 0.2) is 0 Å². The normalized spacial score (nSPS) is 22.3. The molecule has 0 aliphatic carbocycles. The third-order valence-corrected chi connectivity index (χ3v) is 6.78. The van der Waals surface area contributed by atoms with Crippen LogP contribution in [0.4, 0.5) is 0 Å². The Hall–Kier alpha value is -0.510. The Morgan fingerprint density at radius 3 is 2.30 bits per heavy atom. The van der Waals surface area contributed by atoms with Crippen molar-refractivity contribution >= 4 is 26.1 Å². The van der Waals surface area contributed by atoms with E-state index in [1.807, 2.05) is 12.1 Å². The lowest BCUT2D eigenvalue weighted by molar-refractivity contribution is 0.0684. The van der Waals surface area contributed by atoms with Crippen LogP contribution < -0.4 is 0 Å². The Balaban J connectivity index is 1.55. The van der Waals surface area contributed by atoms with E-state index in [0.29, 0.717) is 39.4 Å². The standard InChI is InChI=1S/C15H22BrN3O3S/c16-15-3-1-2-14(12-15)13-17-4-6-18(7-5-17)23(20,21)19-8-10-22-11-9-19/h1-3,12H,4-11,13H2. The van der Waals surface area contributed by atoms with E-state index < -0.39 is 10.2 Å². The molecule has 128 valence electrons. The Kier molecular flexibility index (Phi) is 5.71. The molecule has 0 bridgehead atoms. The lowest BCUT2D eigenvalue weighted by Gasteiger charge is -2.37. The minimum atomic E-state index is -3.34. The first-order chi connectivity index (χ1) is 11.1. The highest BCUT2D eigenvalue weighted by molar-refractivity contribution is 9.10. The molecule has 0 N–H and O–H groups in total. The van der Waals surface area contributed by atoms with Crippen molar-refractivity contribution in [2.24, 2.45) is 0 Å². The van der Waals surface area contributed by atoms with Crippen molar-refractivity contribution in [3.8, 4) is 0 Å². The summed E-state index contributed by atoms with van der Waals surface area (Å²) >= 11 is 3.48. The molecule has 8 heteroatoms. The fourth-order valence-corrected chi connectivity index (χ4v) is 4.96. The van der Waals surface area contributed by atoms with Gasteiger partial charge in [-0.2, -0.15) is 17.0 Å². The van der Waals surface area contributed by atoms with Gasteiger partial charge in [0.1, 0.15) is 0 Å². The van der Waals surface area contributed by atoms with E-state index in [9.17, 15) is 8.42 Å². The van der Waals surface area contributed by atoms with E-state index in [1.165, 1.54) is 5.56 Å². The van der Waals surface area contributed by atoms with Gasteiger partial charge < -0.3 is 4.74 Å². The van der Waals surface area contributed by atoms with E-state index in [0.717, 1.165) is 24.1 Å². The molecule has 2 aliphatic heterocycles. The molecular formula is C15H22BrN3O3S. The van der Waals surface area contributed by atoms with Gasteiger partial charge in [-0.15, -0.1) is 0 Å². The number of halogens is 1. The molecule has 0 aromatic heterocycles. The highest BCUT2D eigenvalue weighted by Gasteiger charge is 2.33. The number of hydrogen-bond acceptors (Lipinski definition) is 4. The number of piperazine rings is 1. The van der Waals surface area contributed by atoms with Crippen LogP contribution in [0.25, 0.3) is 0 Å². The molecule has 0 radical (unpaired) electrons. The van der Waals surface area contributed by atoms with Crippen molar-refractivity contribution in [3.05, 3.63) is 34.3 Å². The molecule has 2 aliphatic rings. The molecule has 0 saturated carbocycles. The van der Waals surface area contributed by atoms with Gasteiger partial charge in [0.25, 0.3) is 10.2 Å². The van der Waals surface area contributed by atoms with Gasteiger partial charge in [0, 0.05) is 50.3 Å². The molecule has 23 heavy (non-hydrogen) atoms. The van der Waals surface area contributed by atoms with Gasteiger partial charge in [-0.25, -0.2) is 0 Å². The molecule has 6 nitrogen and oxygen atoms in total. The lowest BCUT2D eigenvalue weighted by atomic mass is 10.2. The van der Waals surface area contributed by atoms with Crippen LogP contribution in [0, 0.1) is 0 Å².